The number of hydrogen-bond acceptors (Lipinski definition) is 3. The van der Waals surface area contributed by atoms with Gasteiger partial charge in [-0.1, -0.05) is 13.8 Å². The molecule has 80 valence electrons. The summed E-state index contributed by atoms with van der Waals surface area (Å²) in [7, 11) is 0. The highest BCUT2D eigenvalue weighted by Gasteiger charge is 2.45. The summed E-state index contributed by atoms with van der Waals surface area (Å²) < 4.78 is 11.6. The van der Waals surface area contributed by atoms with Gasteiger partial charge < -0.3 is 14.3 Å². The zero-order chi connectivity index (χ0) is 10.2. The molecule has 2 rings (SSSR count). The largest absolute Gasteiger partial charge is 0.349 e. The van der Waals surface area contributed by atoms with Gasteiger partial charge in [0.2, 0.25) is 0 Å². The molecule has 1 atom stereocenters. The first-order chi connectivity index (χ1) is 6.55. The van der Waals surface area contributed by atoms with Gasteiger partial charge in [-0.3, -0.25) is 0 Å². The van der Waals surface area contributed by atoms with E-state index in [9.17, 15) is 4.79 Å². The molecule has 0 N–H and O–H groups in total. The molecule has 1 spiro atoms. The fraction of sp³-hybridized carbons (Fsp3) is 0.909. The smallest absolute Gasteiger partial charge is 0.169 e. The minimum absolute atomic E-state index is 0.116. The standard InChI is InChI=1S/C11H18O3/c1-10(2)7-13-11(14-8-10)4-3-9(5-11)6-12/h6,9H,3-5,7-8H2,1-2H3/t9-/m0/s1. The summed E-state index contributed by atoms with van der Waals surface area (Å²) in [6, 6.07) is 0. The van der Waals surface area contributed by atoms with E-state index in [2.05, 4.69) is 13.8 Å². The van der Waals surface area contributed by atoms with Crippen molar-refractivity contribution in [2.45, 2.75) is 38.9 Å². The Labute approximate surface area is 84.8 Å². The molecular formula is C11H18O3. The van der Waals surface area contributed by atoms with Crippen molar-refractivity contribution in [1.29, 1.82) is 0 Å². The van der Waals surface area contributed by atoms with Crippen molar-refractivity contribution < 1.29 is 14.3 Å². The predicted molar refractivity (Wildman–Crippen MR) is 51.8 cm³/mol. The van der Waals surface area contributed by atoms with E-state index in [1.807, 2.05) is 0 Å². The van der Waals surface area contributed by atoms with E-state index in [4.69, 9.17) is 9.47 Å². The third-order valence-electron chi connectivity index (χ3n) is 3.11. The third-order valence-corrected chi connectivity index (χ3v) is 3.11. The Morgan fingerprint density at radius 1 is 1.29 bits per heavy atom. The summed E-state index contributed by atoms with van der Waals surface area (Å²) in [6.45, 7) is 5.73. The van der Waals surface area contributed by atoms with Crippen LogP contribution in [0.1, 0.15) is 33.1 Å². The van der Waals surface area contributed by atoms with Gasteiger partial charge in [0.25, 0.3) is 0 Å². The van der Waals surface area contributed by atoms with Gasteiger partial charge >= 0.3 is 0 Å². The summed E-state index contributed by atoms with van der Waals surface area (Å²) in [4.78, 5) is 10.6. The molecule has 0 aromatic rings. The zero-order valence-electron chi connectivity index (χ0n) is 8.91. The van der Waals surface area contributed by atoms with Crippen LogP contribution in [0.2, 0.25) is 0 Å². The molecule has 1 aliphatic carbocycles. The molecule has 0 amide bonds. The number of ether oxygens (including phenoxy) is 2. The lowest BCUT2D eigenvalue weighted by Crippen LogP contribution is -2.46. The van der Waals surface area contributed by atoms with Crippen molar-refractivity contribution in [1.82, 2.24) is 0 Å². The first kappa shape index (κ1) is 10.1. The van der Waals surface area contributed by atoms with Gasteiger partial charge in [-0.05, 0) is 6.42 Å². The van der Waals surface area contributed by atoms with Crippen molar-refractivity contribution in [3.05, 3.63) is 0 Å². The highest BCUT2D eigenvalue weighted by Crippen LogP contribution is 2.42. The molecule has 0 aromatic heterocycles. The monoisotopic (exact) mass is 198 g/mol. The van der Waals surface area contributed by atoms with E-state index in [1.165, 1.54) is 0 Å². The molecule has 14 heavy (non-hydrogen) atoms. The van der Waals surface area contributed by atoms with Crippen molar-refractivity contribution in [2.24, 2.45) is 11.3 Å². The average Bonchev–Trinajstić information content (AvgIpc) is 2.56. The molecule has 2 aliphatic rings. The summed E-state index contributed by atoms with van der Waals surface area (Å²) in [5.41, 5.74) is 0.116. The maximum atomic E-state index is 10.6. The van der Waals surface area contributed by atoms with Crippen molar-refractivity contribution in [3.63, 3.8) is 0 Å². The molecule has 2 fully saturated rings. The van der Waals surface area contributed by atoms with Crippen LogP contribution >= 0.6 is 0 Å². The molecule has 1 saturated heterocycles. The van der Waals surface area contributed by atoms with E-state index >= 15 is 0 Å². The fourth-order valence-electron chi connectivity index (χ4n) is 2.12. The van der Waals surface area contributed by atoms with E-state index < -0.39 is 5.79 Å². The van der Waals surface area contributed by atoms with Crippen LogP contribution in [0, 0.1) is 11.3 Å². The molecule has 0 unspecified atom stereocenters. The Morgan fingerprint density at radius 2 is 1.93 bits per heavy atom. The van der Waals surface area contributed by atoms with Gasteiger partial charge in [0.15, 0.2) is 5.79 Å². The average molecular weight is 198 g/mol. The highest BCUT2D eigenvalue weighted by atomic mass is 16.7. The zero-order valence-corrected chi connectivity index (χ0v) is 8.91. The van der Waals surface area contributed by atoms with Gasteiger partial charge in [-0.2, -0.15) is 0 Å². The molecule has 0 aromatic carbocycles. The van der Waals surface area contributed by atoms with Crippen LogP contribution in [0.25, 0.3) is 0 Å². The molecule has 1 heterocycles. The van der Waals surface area contributed by atoms with Crippen LogP contribution in [0.3, 0.4) is 0 Å². The van der Waals surface area contributed by atoms with Crippen LogP contribution in [0.5, 0.6) is 0 Å². The second kappa shape index (κ2) is 3.31. The minimum atomic E-state index is -0.429. The number of carbonyl (C=O) groups is 1. The Kier molecular flexibility index (Phi) is 2.40. The number of rotatable bonds is 1. The van der Waals surface area contributed by atoms with Gasteiger partial charge in [0, 0.05) is 24.2 Å². The topological polar surface area (TPSA) is 35.5 Å². The molecule has 3 nitrogen and oxygen atoms in total. The number of hydrogen-bond donors (Lipinski definition) is 0. The van der Waals surface area contributed by atoms with Crippen molar-refractivity contribution in [3.8, 4) is 0 Å². The van der Waals surface area contributed by atoms with Crippen molar-refractivity contribution >= 4 is 6.29 Å². The quantitative estimate of drug-likeness (QED) is 0.602. The Hall–Kier alpha value is -0.410. The minimum Gasteiger partial charge on any atom is -0.349 e. The van der Waals surface area contributed by atoms with E-state index in [1.54, 1.807) is 0 Å². The maximum Gasteiger partial charge on any atom is 0.169 e. The lowest BCUT2D eigenvalue weighted by Gasteiger charge is -2.41. The van der Waals surface area contributed by atoms with Gasteiger partial charge in [-0.15, -0.1) is 0 Å². The third kappa shape index (κ3) is 1.84. The molecule has 1 saturated carbocycles. The Morgan fingerprint density at radius 3 is 2.43 bits per heavy atom. The highest BCUT2D eigenvalue weighted by molar-refractivity contribution is 5.54. The SMILES string of the molecule is CC1(C)COC2(CC[C@H](C=O)C2)OC1. The molecule has 1 aliphatic heterocycles. The lowest BCUT2D eigenvalue weighted by atomic mass is 9.94. The summed E-state index contributed by atoms with van der Waals surface area (Å²) in [5, 5.41) is 0. The second-order valence-corrected chi connectivity index (χ2v) is 5.29. The van der Waals surface area contributed by atoms with Gasteiger partial charge in [0.05, 0.1) is 13.2 Å². The van der Waals surface area contributed by atoms with Crippen molar-refractivity contribution in [2.75, 3.05) is 13.2 Å². The maximum absolute atomic E-state index is 10.6. The van der Waals surface area contributed by atoms with Crippen LogP contribution < -0.4 is 0 Å². The van der Waals surface area contributed by atoms with Crippen LogP contribution in [-0.2, 0) is 14.3 Å². The number of aldehydes is 1. The number of carbonyl (C=O) groups excluding carboxylic acids is 1. The summed E-state index contributed by atoms with van der Waals surface area (Å²) >= 11 is 0. The van der Waals surface area contributed by atoms with E-state index in [0.717, 1.165) is 38.8 Å². The molecular weight excluding hydrogens is 180 g/mol. The Balaban J connectivity index is 1.97. The first-order valence-corrected chi connectivity index (χ1v) is 5.29. The second-order valence-electron chi connectivity index (χ2n) is 5.29. The summed E-state index contributed by atoms with van der Waals surface area (Å²) in [5.74, 6) is -0.294. The van der Waals surface area contributed by atoms with E-state index in [0.29, 0.717) is 0 Å². The summed E-state index contributed by atoms with van der Waals surface area (Å²) in [6.07, 6.45) is 3.55. The lowest BCUT2D eigenvalue weighted by molar-refractivity contribution is -0.295. The molecule has 0 radical (unpaired) electrons. The van der Waals surface area contributed by atoms with Gasteiger partial charge in [-0.25, -0.2) is 0 Å². The fourth-order valence-corrected chi connectivity index (χ4v) is 2.12. The first-order valence-electron chi connectivity index (χ1n) is 5.29. The molecule has 0 bridgehead atoms. The van der Waals surface area contributed by atoms with Gasteiger partial charge in [0.1, 0.15) is 6.29 Å². The normalized spacial score (nSPS) is 34.6. The van der Waals surface area contributed by atoms with E-state index in [-0.39, 0.29) is 11.3 Å². The van der Waals surface area contributed by atoms with Crippen LogP contribution in [-0.4, -0.2) is 25.3 Å². The predicted octanol–water partition coefficient (Wildman–Crippen LogP) is 1.75. The van der Waals surface area contributed by atoms with Crippen LogP contribution in [0.4, 0.5) is 0 Å². The van der Waals surface area contributed by atoms with Crippen LogP contribution in [0.15, 0.2) is 0 Å². The molecule has 3 heteroatoms. The Bertz CT molecular complexity index is 225.